The van der Waals surface area contributed by atoms with Crippen LogP contribution in [0, 0.1) is 0 Å². The summed E-state index contributed by atoms with van der Waals surface area (Å²) in [5, 5.41) is 0.364. The van der Waals surface area contributed by atoms with E-state index >= 15 is 0 Å². The molecule has 0 saturated carbocycles. The quantitative estimate of drug-likeness (QED) is 0.805. The molecule has 0 N–H and O–H groups in total. The summed E-state index contributed by atoms with van der Waals surface area (Å²) in [6, 6.07) is 0. The molecule has 1 aromatic rings. The van der Waals surface area contributed by atoms with Crippen LogP contribution in [0.2, 0.25) is 0 Å². The zero-order chi connectivity index (χ0) is 17.2. The van der Waals surface area contributed by atoms with Crippen LogP contribution in [-0.2, 0) is 15.7 Å². The third kappa shape index (κ3) is 4.17. The maximum atomic E-state index is 12.6. The van der Waals surface area contributed by atoms with Crippen LogP contribution < -0.4 is 4.90 Å². The van der Waals surface area contributed by atoms with E-state index in [1.807, 2.05) is 0 Å². The van der Waals surface area contributed by atoms with Crippen molar-refractivity contribution in [1.82, 2.24) is 14.8 Å². The minimum Gasteiger partial charge on any atom is -0.379 e. The molecule has 2 aliphatic heterocycles. The Labute approximate surface area is 141 Å². The van der Waals surface area contributed by atoms with Gasteiger partial charge < -0.3 is 14.5 Å². The van der Waals surface area contributed by atoms with Crippen molar-refractivity contribution in [2.45, 2.75) is 6.18 Å². The monoisotopic (exact) mass is 364 g/mol. The highest BCUT2D eigenvalue weighted by molar-refractivity contribution is 7.15. The van der Waals surface area contributed by atoms with Crippen molar-refractivity contribution in [1.29, 1.82) is 0 Å². The summed E-state index contributed by atoms with van der Waals surface area (Å²) < 4.78 is 43.2. The molecule has 6 nitrogen and oxygen atoms in total. The lowest BCUT2D eigenvalue weighted by molar-refractivity contribution is -0.135. The van der Waals surface area contributed by atoms with Gasteiger partial charge in [0.1, 0.15) is 4.88 Å². The van der Waals surface area contributed by atoms with E-state index in [9.17, 15) is 18.0 Å². The lowest BCUT2D eigenvalue weighted by Crippen LogP contribution is -2.52. The Morgan fingerprint density at radius 2 is 1.83 bits per heavy atom. The summed E-state index contributed by atoms with van der Waals surface area (Å²) in [5.41, 5.74) is 0. The number of anilines is 1. The summed E-state index contributed by atoms with van der Waals surface area (Å²) in [6.07, 6.45) is -3.48. The highest BCUT2D eigenvalue weighted by atomic mass is 32.1. The van der Waals surface area contributed by atoms with Gasteiger partial charge in [-0.25, -0.2) is 4.98 Å². The predicted molar refractivity (Wildman–Crippen MR) is 83.2 cm³/mol. The number of hydrogen-bond donors (Lipinski definition) is 0. The Balaban J connectivity index is 1.50. The Morgan fingerprint density at radius 3 is 2.42 bits per heavy atom. The van der Waals surface area contributed by atoms with E-state index in [1.165, 1.54) is 0 Å². The number of rotatable bonds is 3. The van der Waals surface area contributed by atoms with Crippen LogP contribution >= 0.6 is 11.3 Å². The second-order valence-corrected chi connectivity index (χ2v) is 6.77. The molecule has 10 heteroatoms. The molecule has 0 spiro atoms. The molecular formula is C14H19F3N4O2S. The van der Waals surface area contributed by atoms with Crippen molar-refractivity contribution >= 4 is 22.4 Å². The van der Waals surface area contributed by atoms with E-state index in [0.717, 1.165) is 19.3 Å². The van der Waals surface area contributed by atoms with Crippen molar-refractivity contribution in [2.75, 3.05) is 63.9 Å². The largest absolute Gasteiger partial charge is 0.427 e. The smallest absolute Gasteiger partial charge is 0.379 e. The first kappa shape index (κ1) is 17.4. The van der Waals surface area contributed by atoms with Gasteiger partial charge in [-0.15, -0.1) is 0 Å². The molecule has 0 unspecified atom stereocenters. The van der Waals surface area contributed by atoms with Crippen LogP contribution in [0.4, 0.5) is 18.3 Å². The maximum Gasteiger partial charge on any atom is 0.427 e. The van der Waals surface area contributed by atoms with Crippen molar-refractivity contribution in [2.24, 2.45) is 0 Å². The van der Waals surface area contributed by atoms with Crippen LogP contribution in [0.25, 0.3) is 0 Å². The minimum absolute atomic E-state index is 0.0617. The summed E-state index contributed by atoms with van der Waals surface area (Å²) in [7, 11) is 0. The molecule has 0 aliphatic carbocycles. The summed E-state index contributed by atoms with van der Waals surface area (Å²) in [4.78, 5) is 21.1. The Bertz CT molecular complexity index is 567. The number of aromatic nitrogens is 1. The normalized spacial score (nSPS) is 20.5. The van der Waals surface area contributed by atoms with Gasteiger partial charge in [0.25, 0.3) is 0 Å². The van der Waals surface area contributed by atoms with Crippen LogP contribution in [0.5, 0.6) is 0 Å². The van der Waals surface area contributed by atoms with Crippen LogP contribution in [0.3, 0.4) is 0 Å². The van der Waals surface area contributed by atoms with Gasteiger partial charge in [-0.2, -0.15) is 13.2 Å². The number of morpholine rings is 1. The number of alkyl halides is 3. The highest BCUT2D eigenvalue weighted by Gasteiger charge is 2.34. The SMILES string of the molecule is O=C(CN1CCOCC1)N1CCN(c2ncc(C(F)(F)F)s2)CC1. The molecule has 3 rings (SSSR count). The van der Waals surface area contributed by atoms with Gasteiger partial charge in [0.05, 0.1) is 26.0 Å². The zero-order valence-corrected chi connectivity index (χ0v) is 13.9. The number of piperazine rings is 1. The van der Waals surface area contributed by atoms with E-state index in [0.29, 0.717) is 62.4 Å². The number of halogens is 3. The standard InChI is InChI=1S/C14H19F3N4O2S/c15-14(16,17)11-9-18-13(24-11)21-3-1-20(2-4-21)12(22)10-19-5-7-23-8-6-19/h9H,1-8,10H2. The third-order valence-corrected chi connectivity index (χ3v) is 5.24. The van der Waals surface area contributed by atoms with E-state index < -0.39 is 11.1 Å². The fourth-order valence-corrected chi connectivity index (χ4v) is 3.57. The van der Waals surface area contributed by atoms with Crippen molar-refractivity contribution in [3.8, 4) is 0 Å². The van der Waals surface area contributed by atoms with Crippen LogP contribution in [0.15, 0.2) is 6.20 Å². The summed E-state index contributed by atoms with van der Waals surface area (Å²) >= 11 is 0.649. The number of ether oxygens (including phenoxy) is 1. The number of nitrogens with zero attached hydrogens (tertiary/aromatic N) is 4. The molecule has 0 bridgehead atoms. The average Bonchev–Trinajstić information content (AvgIpc) is 3.06. The molecule has 2 fully saturated rings. The minimum atomic E-state index is -4.36. The Hall–Kier alpha value is -1.39. The fraction of sp³-hybridized carbons (Fsp3) is 0.714. The molecule has 1 aromatic heterocycles. The van der Waals surface area contributed by atoms with E-state index in [4.69, 9.17) is 4.74 Å². The molecule has 3 heterocycles. The second-order valence-electron chi connectivity index (χ2n) is 5.76. The van der Waals surface area contributed by atoms with Gasteiger partial charge in [-0.1, -0.05) is 11.3 Å². The number of thiazole rings is 1. The first-order chi connectivity index (χ1) is 11.4. The van der Waals surface area contributed by atoms with Gasteiger partial charge in [0, 0.05) is 39.3 Å². The van der Waals surface area contributed by atoms with Gasteiger partial charge >= 0.3 is 6.18 Å². The van der Waals surface area contributed by atoms with E-state index in [1.54, 1.807) is 9.80 Å². The van der Waals surface area contributed by atoms with Crippen LogP contribution in [-0.4, -0.2) is 79.7 Å². The van der Waals surface area contributed by atoms with Gasteiger partial charge in [-0.05, 0) is 0 Å². The molecule has 0 aromatic carbocycles. The molecule has 1 amide bonds. The Morgan fingerprint density at radius 1 is 1.17 bits per heavy atom. The average molecular weight is 364 g/mol. The van der Waals surface area contributed by atoms with E-state index in [-0.39, 0.29) is 5.91 Å². The lowest BCUT2D eigenvalue weighted by Gasteiger charge is -2.36. The van der Waals surface area contributed by atoms with Gasteiger partial charge in [0.15, 0.2) is 5.13 Å². The fourth-order valence-electron chi connectivity index (χ4n) is 2.74. The molecule has 24 heavy (non-hydrogen) atoms. The van der Waals surface area contributed by atoms with Crippen molar-refractivity contribution in [3.63, 3.8) is 0 Å². The van der Waals surface area contributed by atoms with E-state index in [2.05, 4.69) is 9.88 Å². The topological polar surface area (TPSA) is 48.9 Å². The first-order valence-corrected chi connectivity index (χ1v) is 8.61. The highest BCUT2D eigenvalue weighted by Crippen LogP contribution is 2.36. The second kappa shape index (κ2) is 7.24. The summed E-state index contributed by atoms with van der Waals surface area (Å²) in [5.74, 6) is 0.0617. The number of carbonyl (C=O) groups excluding carboxylic acids is 1. The lowest BCUT2D eigenvalue weighted by atomic mass is 10.3. The summed E-state index contributed by atoms with van der Waals surface area (Å²) in [6.45, 7) is 5.18. The third-order valence-electron chi connectivity index (χ3n) is 4.14. The van der Waals surface area contributed by atoms with Crippen molar-refractivity contribution < 1.29 is 22.7 Å². The zero-order valence-electron chi connectivity index (χ0n) is 13.1. The van der Waals surface area contributed by atoms with Crippen LogP contribution in [0.1, 0.15) is 4.88 Å². The maximum absolute atomic E-state index is 12.6. The van der Waals surface area contributed by atoms with Crippen molar-refractivity contribution in [3.05, 3.63) is 11.1 Å². The molecule has 2 saturated heterocycles. The molecule has 0 radical (unpaired) electrons. The van der Waals surface area contributed by atoms with Gasteiger partial charge in [-0.3, -0.25) is 9.69 Å². The van der Waals surface area contributed by atoms with Gasteiger partial charge in [0.2, 0.25) is 5.91 Å². The Kier molecular flexibility index (Phi) is 5.26. The molecular weight excluding hydrogens is 345 g/mol. The number of amides is 1. The molecule has 134 valence electrons. The molecule has 0 atom stereocenters. The predicted octanol–water partition coefficient (Wildman–Crippen LogP) is 1.14. The number of carbonyl (C=O) groups is 1. The first-order valence-electron chi connectivity index (χ1n) is 7.79. The number of hydrogen-bond acceptors (Lipinski definition) is 6. The molecule has 2 aliphatic rings.